The number of nitrogens with one attached hydrogen (secondary N) is 1. The molecule has 8 heteroatoms. The Morgan fingerprint density at radius 2 is 1.26 bits per heavy atom. The van der Waals surface area contributed by atoms with Gasteiger partial charge >= 0.3 is 0 Å². The van der Waals surface area contributed by atoms with Gasteiger partial charge in [0, 0.05) is 13.0 Å². The monoisotopic (exact) mass is 591 g/mol. The predicted molar refractivity (Wildman–Crippen MR) is 151 cm³/mol. The van der Waals surface area contributed by atoms with Crippen molar-refractivity contribution < 1.29 is 4.79 Å². The number of unbranched alkanes of at least 4 members (excludes halogenated alkanes) is 9. The van der Waals surface area contributed by atoms with Gasteiger partial charge in [-0.1, -0.05) is 124 Å². The summed E-state index contributed by atoms with van der Waals surface area (Å²) in [6.45, 7) is 6.34. The highest BCUT2D eigenvalue weighted by atomic mass is 35.5. The number of hydrogen-bond donors (Lipinski definition) is 1. The van der Waals surface area contributed by atoms with E-state index in [0.29, 0.717) is 23.0 Å². The lowest BCUT2D eigenvalue weighted by Crippen LogP contribution is -2.44. The minimum atomic E-state index is -1.45. The Morgan fingerprint density at radius 1 is 0.824 bits per heavy atom. The molecule has 0 aliphatic heterocycles. The Bertz CT molecular complexity index is 726. The molecule has 2 aliphatic carbocycles. The summed E-state index contributed by atoms with van der Waals surface area (Å²) in [4.78, 5) is 9.37. The molecule has 2 rings (SSSR count). The van der Waals surface area contributed by atoms with Crippen LogP contribution in [0.3, 0.4) is 0 Å². The average Bonchev–Trinajstić information content (AvgIpc) is 3.00. The molecule has 0 spiro atoms. The zero-order valence-electron chi connectivity index (χ0n) is 20.2. The summed E-state index contributed by atoms with van der Waals surface area (Å²) in [6, 6.07) is 0. The zero-order chi connectivity index (χ0) is 25.4. The molecule has 0 aromatic heterocycles. The standard InChI is InChI=1S/C26H39Cl6NO/c1-3-5-6-7-9-12-15-19-20(16-13-10-8-11-14-17-21(34)33-18-4-2)25(30)23(28)22(27)24(19,29)26(25,31)32/h4,19-20H,2-3,5-18H2,1H3,(H,33,34)/t19-,20+,24+,25+/m1/s1. The van der Waals surface area contributed by atoms with E-state index in [1.54, 1.807) is 6.08 Å². The maximum absolute atomic E-state index is 11.7. The fourth-order valence-electron chi connectivity index (χ4n) is 5.60. The fourth-order valence-corrected chi connectivity index (χ4v) is 8.75. The Labute approximate surface area is 236 Å². The second kappa shape index (κ2) is 14.0. The molecule has 0 heterocycles. The number of alkyl halides is 4. The highest BCUT2D eigenvalue weighted by Gasteiger charge is 2.81. The van der Waals surface area contributed by atoms with E-state index in [9.17, 15) is 4.79 Å². The molecule has 0 unspecified atom stereocenters. The molecule has 1 fully saturated rings. The van der Waals surface area contributed by atoms with E-state index in [-0.39, 0.29) is 17.7 Å². The van der Waals surface area contributed by atoms with Crippen LogP contribution in [0.2, 0.25) is 0 Å². The first-order chi connectivity index (χ1) is 16.1. The molecular formula is C26H39Cl6NO. The van der Waals surface area contributed by atoms with Gasteiger partial charge in [0.05, 0.1) is 10.1 Å². The van der Waals surface area contributed by atoms with Crippen LogP contribution in [0.1, 0.15) is 96.8 Å². The second-order valence-corrected chi connectivity index (χ2v) is 13.1. The van der Waals surface area contributed by atoms with Crippen LogP contribution in [0.4, 0.5) is 0 Å². The molecule has 0 radical (unpaired) electrons. The van der Waals surface area contributed by atoms with Crippen molar-refractivity contribution in [3.63, 3.8) is 0 Å². The summed E-state index contributed by atoms with van der Waals surface area (Å²) in [5.74, 6) is 0.0307. The molecule has 0 aromatic carbocycles. The summed E-state index contributed by atoms with van der Waals surface area (Å²) in [5.41, 5.74) is 0. The van der Waals surface area contributed by atoms with Gasteiger partial charge in [-0.05, 0) is 31.1 Å². The molecule has 196 valence electrons. The molecule has 1 amide bonds. The number of rotatable bonds is 17. The first kappa shape index (κ1) is 30.9. The largest absolute Gasteiger partial charge is 0.353 e. The van der Waals surface area contributed by atoms with Crippen molar-refractivity contribution in [2.24, 2.45) is 11.8 Å². The minimum Gasteiger partial charge on any atom is -0.353 e. The van der Waals surface area contributed by atoms with Crippen LogP contribution in [0.15, 0.2) is 22.7 Å². The lowest BCUT2D eigenvalue weighted by atomic mass is 9.76. The van der Waals surface area contributed by atoms with Gasteiger partial charge in [0.15, 0.2) is 4.33 Å². The van der Waals surface area contributed by atoms with Crippen molar-refractivity contribution in [3.8, 4) is 0 Å². The highest BCUT2D eigenvalue weighted by Crippen LogP contribution is 2.77. The smallest absolute Gasteiger partial charge is 0.220 e. The summed E-state index contributed by atoms with van der Waals surface area (Å²) in [7, 11) is 0. The van der Waals surface area contributed by atoms with Gasteiger partial charge in [0.1, 0.15) is 9.75 Å². The third kappa shape index (κ3) is 6.21. The van der Waals surface area contributed by atoms with Crippen molar-refractivity contribution in [1.82, 2.24) is 5.32 Å². The topological polar surface area (TPSA) is 29.1 Å². The Morgan fingerprint density at radius 3 is 1.74 bits per heavy atom. The molecule has 2 nitrogen and oxygen atoms in total. The minimum absolute atomic E-state index is 0.0172. The number of amides is 1. The molecule has 0 saturated heterocycles. The number of fused-ring (bicyclic) bond motifs is 2. The normalized spacial score (nSPS) is 29.6. The van der Waals surface area contributed by atoms with Gasteiger partial charge in [-0.25, -0.2) is 0 Å². The van der Waals surface area contributed by atoms with Crippen molar-refractivity contribution in [3.05, 3.63) is 22.7 Å². The Balaban J connectivity index is 1.92. The first-order valence-corrected chi connectivity index (χ1v) is 15.1. The lowest BCUT2D eigenvalue weighted by Gasteiger charge is -2.37. The predicted octanol–water partition coefficient (Wildman–Crippen LogP) is 9.85. The molecule has 2 aliphatic rings. The van der Waals surface area contributed by atoms with Gasteiger partial charge in [-0.2, -0.15) is 0 Å². The van der Waals surface area contributed by atoms with Crippen LogP contribution in [-0.4, -0.2) is 26.5 Å². The fraction of sp³-hybridized carbons (Fsp3) is 0.808. The molecule has 1 N–H and O–H groups in total. The number of carbonyl (C=O) groups excluding carboxylic acids is 1. The van der Waals surface area contributed by atoms with Gasteiger partial charge < -0.3 is 5.32 Å². The van der Waals surface area contributed by atoms with Crippen molar-refractivity contribution >= 4 is 75.5 Å². The van der Waals surface area contributed by atoms with E-state index in [1.807, 2.05) is 0 Å². The molecule has 0 aromatic rings. The maximum atomic E-state index is 11.7. The van der Waals surface area contributed by atoms with Crippen LogP contribution in [0.25, 0.3) is 0 Å². The van der Waals surface area contributed by atoms with E-state index in [2.05, 4.69) is 18.8 Å². The summed E-state index contributed by atoms with van der Waals surface area (Å²) < 4.78 is -1.45. The van der Waals surface area contributed by atoms with Crippen molar-refractivity contribution in [2.45, 2.75) is 111 Å². The first-order valence-electron chi connectivity index (χ1n) is 12.8. The van der Waals surface area contributed by atoms with Crippen LogP contribution in [-0.2, 0) is 4.79 Å². The third-order valence-electron chi connectivity index (χ3n) is 7.48. The van der Waals surface area contributed by atoms with Crippen LogP contribution >= 0.6 is 69.6 Å². The van der Waals surface area contributed by atoms with E-state index in [0.717, 1.165) is 57.8 Å². The molecular weight excluding hydrogens is 555 g/mol. The summed E-state index contributed by atoms with van der Waals surface area (Å²) in [5, 5.41) is 3.44. The zero-order valence-corrected chi connectivity index (χ0v) is 24.8. The number of allylic oxidation sites excluding steroid dienone is 2. The van der Waals surface area contributed by atoms with E-state index < -0.39 is 14.1 Å². The summed E-state index contributed by atoms with van der Waals surface area (Å²) >= 11 is 41.2. The molecule has 4 atom stereocenters. The van der Waals surface area contributed by atoms with Crippen LogP contribution in [0.5, 0.6) is 0 Å². The van der Waals surface area contributed by atoms with Gasteiger partial charge in [0.2, 0.25) is 5.91 Å². The molecule has 34 heavy (non-hydrogen) atoms. The molecule has 2 bridgehead atoms. The quantitative estimate of drug-likeness (QED) is 0.101. The Kier molecular flexibility index (Phi) is 12.7. The Hall–Kier alpha value is 0.690. The van der Waals surface area contributed by atoms with E-state index >= 15 is 0 Å². The SMILES string of the molecule is C=CCNC(=O)CCCCCCC[C@H]1[C@@H](CCCCCCCC)[C@]2(Cl)C(Cl)=C(Cl)[C@]1(Cl)C2(Cl)Cl. The van der Waals surface area contributed by atoms with E-state index in [4.69, 9.17) is 69.6 Å². The number of hydrogen-bond acceptors (Lipinski definition) is 1. The van der Waals surface area contributed by atoms with Gasteiger partial charge in [-0.15, -0.1) is 29.8 Å². The highest BCUT2D eigenvalue weighted by molar-refractivity contribution is 6.65. The molecule has 1 saturated carbocycles. The lowest BCUT2D eigenvalue weighted by molar-refractivity contribution is -0.121. The average molecular weight is 594 g/mol. The number of halogens is 6. The van der Waals surface area contributed by atoms with Gasteiger partial charge in [-0.3, -0.25) is 4.79 Å². The summed E-state index contributed by atoms with van der Waals surface area (Å²) in [6.07, 6.45) is 16.1. The van der Waals surface area contributed by atoms with Crippen LogP contribution < -0.4 is 5.32 Å². The van der Waals surface area contributed by atoms with Crippen molar-refractivity contribution in [2.75, 3.05) is 6.54 Å². The maximum Gasteiger partial charge on any atom is 0.220 e. The second-order valence-electron chi connectivity index (χ2n) is 9.79. The van der Waals surface area contributed by atoms with Crippen molar-refractivity contribution in [1.29, 1.82) is 0 Å². The number of carbonyl (C=O) groups is 1. The third-order valence-corrected chi connectivity index (χ3v) is 11.8. The van der Waals surface area contributed by atoms with E-state index in [1.165, 1.54) is 25.7 Å². The van der Waals surface area contributed by atoms with Crippen LogP contribution in [0, 0.1) is 11.8 Å². The van der Waals surface area contributed by atoms with Gasteiger partial charge in [0.25, 0.3) is 0 Å².